The molecule has 5 aliphatic rings. The average Bonchev–Trinajstić information content (AvgIpc) is 3.88. The molecule has 8 aromatic rings. The van der Waals surface area contributed by atoms with Gasteiger partial charge in [-0.15, -0.1) is 11.3 Å². The van der Waals surface area contributed by atoms with Crippen LogP contribution in [0, 0.1) is 0 Å². The number of hydrogen-bond donors (Lipinski definition) is 0. The van der Waals surface area contributed by atoms with Gasteiger partial charge in [0.1, 0.15) is 5.58 Å². The fraction of sp³-hybridized carbons (Fsp3) is 0.424. The summed E-state index contributed by atoms with van der Waals surface area (Å²) >= 11 is 1.93. The molecular weight excluding hydrogens is 880 g/mol. The lowest BCUT2D eigenvalue weighted by atomic mass is 9.35. The Labute approximate surface area is 428 Å². The second-order valence-corrected chi connectivity index (χ2v) is 28.8. The highest BCUT2D eigenvalue weighted by atomic mass is 32.1. The summed E-state index contributed by atoms with van der Waals surface area (Å²) in [5.74, 6) is 0. The van der Waals surface area contributed by atoms with Crippen LogP contribution in [0.5, 0.6) is 0 Å². The number of hydrogen-bond acceptors (Lipinski definition) is 4. The van der Waals surface area contributed by atoms with Gasteiger partial charge in [0.05, 0.1) is 21.7 Å². The maximum atomic E-state index is 7.79. The van der Waals surface area contributed by atoms with Gasteiger partial charge in [0.2, 0.25) is 0 Å². The molecule has 3 aliphatic carbocycles. The summed E-state index contributed by atoms with van der Waals surface area (Å²) in [5, 5.41) is 3.85. The van der Waals surface area contributed by atoms with Crippen molar-refractivity contribution in [2.75, 3.05) is 9.80 Å². The van der Waals surface area contributed by atoms with Crippen LogP contribution in [0.4, 0.5) is 34.1 Å². The highest BCUT2D eigenvalue weighted by molar-refractivity contribution is 7.26. The summed E-state index contributed by atoms with van der Waals surface area (Å²) in [6, 6.07) is 39.1. The fourth-order valence-electron chi connectivity index (χ4n) is 14.2. The topological polar surface area (TPSA) is 19.6 Å². The van der Waals surface area contributed by atoms with E-state index in [-0.39, 0.29) is 44.6 Å². The Kier molecular flexibility index (Phi) is 9.17. The molecular formula is C66H73BN2OS. The van der Waals surface area contributed by atoms with Gasteiger partial charge in [-0.3, -0.25) is 0 Å². The van der Waals surface area contributed by atoms with E-state index in [2.05, 4.69) is 211 Å². The molecule has 0 N–H and O–H groups in total. The van der Waals surface area contributed by atoms with Crippen molar-refractivity contribution in [3.05, 3.63) is 136 Å². The fourth-order valence-corrected chi connectivity index (χ4v) is 15.4. The quantitative estimate of drug-likeness (QED) is 0.161. The van der Waals surface area contributed by atoms with E-state index in [0.29, 0.717) is 0 Å². The van der Waals surface area contributed by atoms with E-state index in [4.69, 9.17) is 4.42 Å². The third-order valence-electron chi connectivity index (χ3n) is 19.2. The Bertz CT molecular complexity index is 3620. The predicted octanol–water partition coefficient (Wildman–Crippen LogP) is 17.2. The smallest absolute Gasteiger partial charge is 0.297 e. The SMILES string of the molecule is CC(C)(C)c1cc2c3c(c1)N(c1cccc4c1sc1ccccc14)c1c(oc4cc5c(cc14)C(C)(C)CCC5(C)C)B3c1cc3c(cc1N2c1ccc2c(c1)C(C)(C)CCC2(C)C)C(C)(C)CCC3(C)C. The van der Waals surface area contributed by atoms with Gasteiger partial charge in [-0.05, 0) is 181 Å². The summed E-state index contributed by atoms with van der Waals surface area (Å²) in [6.45, 7) is 36.7. The zero-order valence-electron chi connectivity index (χ0n) is 45.3. The van der Waals surface area contributed by atoms with Gasteiger partial charge in [-0.25, -0.2) is 0 Å². The van der Waals surface area contributed by atoms with Crippen molar-refractivity contribution in [3.63, 3.8) is 0 Å². The third-order valence-corrected chi connectivity index (χ3v) is 20.4. The van der Waals surface area contributed by atoms with Crippen molar-refractivity contribution in [2.45, 2.75) is 180 Å². The number of furan rings is 1. The zero-order chi connectivity index (χ0) is 49.9. The van der Waals surface area contributed by atoms with Crippen LogP contribution in [0.1, 0.15) is 181 Å². The van der Waals surface area contributed by atoms with Gasteiger partial charge in [0, 0.05) is 43.6 Å². The summed E-state index contributed by atoms with van der Waals surface area (Å²) in [7, 11) is 0. The first-order valence-corrected chi connectivity index (χ1v) is 27.7. The molecule has 13 rings (SSSR count). The highest BCUT2D eigenvalue weighted by Crippen LogP contribution is 2.56. The predicted molar refractivity (Wildman–Crippen MR) is 308 cm³/mol. The molecule has 0 radical (unpaired) electrons. The van der Waals surface area contributed by atoms with E-state index in [9.17, 15) is 0 Å². The van der Waals surface area contributed by atoms with Gasteiger partial charge < -0.3 is 14.2 Å². The van der Waals surface area contributed by atoms with Crippen LogP contribution in [-0.4, -0.2) is 6.71 Å². The number of benzene rings is 6. The third kappa shape index (κ3) is 6.39. The first-order valence-electron chi connectivity index (χ1n) is 26.9. The van der Waals surface area contributed by atoms with E-state index in [1.54, 1.807) is 0 Å². The molecule has 71 heavy (non-hydrogen) atoms. The standard InChI is InChI=1S/C66H73BN2OS/c1-60(2,3)38-31-52-56-53(32-38)69(50-21-18-20-41-40-19-16-17-22-55(40)71-58(41)50)57-42-34-45-48(66(14,15)30-27-63(45,8)9)37-54(42)70-59(57)67(56)49-35-46-47(65(12,13)29-28-64(46,10)11)36-51(49)68(52)39-23-24-43-44(33-39)62(6,7)26-25-61(43,4)5/h16-24,31-37H,25-30H2,1-15H3. The van der Waals surface area contributed by atoms with Gasteiger partial charge in [-0.2, -0.15) is 0 Å². The molecule has 2 aromatic heterocycles. The maximum Gasteiger partial charge on any atom is 0.297 e. The Hall–Kier alpha value is -5.26. The van der Waals surface area contributed by atoms with Gasteiger partial charge in [0.25, 0.3) is 6.71 Å². The van der Waals surface area contributed by atoms with Crippen LogP contribution in [0.3, 0.4) is 0 Å². The molecule has 2 aliphatic heterocycles. The molecule has 0 bridgehead atoms. The van der Waals surface area contributed by atoms with Gasteiger partial charge >= 0.3 is 0 Å². The number of anilines is 6. The number of nitrogens with zero attached hydrogens (tertiary/aromatic N) is 2. The van der Waals surface area contributed by atoms with Crippen LogP contribution in [0.25, 0.3) is 31.1 Å². The van der Waals surface area contributed by atoms with E-state index in [0.717, 1.165) is 36.9 Å². The van der Waals surface area contributed by atoms with E-state index in [1.165, 1.54) is 122 Å². The molecule has 0 amide bonds. The minimum atomic E-state index is -0.139. The summed E-state index contributed by atoms with van der Waals surface area (Å²) in [4.78, 5) is 5.40. The maximum absolute atomic E-state index is 7.79. The van der Waals surface area contributed by atoms with Gasteiger partial charge in [-0.1, -0.05) is 146 Å². The Morgan fingerprint density at radius 2 is 1.01 bits per heavy atom. The van der Waals surface area contributed by atoms with Crippen LogP contribution in [0.15, 0.2) is 101 Å². The van der Waals surface area contributed by atoms with Crippen LogP contribution >= 0.6 is 11.3 Å². The van der Waals surface area contributed by atoms with E-state index in [1.807, 2.05) is 11.3 Å². The summed E-state index contributed by atoms with van der Waals surface area (Å²) in [6.07, 6.45) is 7.00. The van der Waals surface area contributed by atoms with Crippen LogP contribution < -0.4 is 26.4 Å². The normalized spacial score (nSPS) is 20.6. The Morgan fingerprint density at radius 1 is 0.479 bits per heavy atom. The molecule has 0 saturated carbocycles. The molecule has 4 heterocycles. The minimum Gasteiger partial charge on any atom is -0.468 e. The van der Waals surface area contributed by atoms with E-state index < -0.39 is 0 Å². The number of fused-ring (bicyclic) bond motifs is 12. The second-order valence-electron chi connectivity index (χ2n) is 27.7. The molecule has 0 spiro atoms. The molecule has 0 saturated heterocycles. The van der Waals surface area contributed by atoms with Crippen molar-refractivity contribution < 1.29 is 4.42 Å². The molecule has 362 valence electrons. The number of rotatable bonds is 2. The van der Waals surface area contributed by atoms with Crippen molar-refractivity contribution >= 4 is 99.9 Å². The summed E-state index contributed by atoms with van der Waals surface area (Å²) < 4.78 is 10.4. The molecule has 6 aromatic carbocycles. The molecule has 5 heteroatoms. The van der Waals surface area contributed by atoms with Crippen molar-refractivity contribution in [2.24, 2.45) is 0 Å². The van der Waals surface area contributed by atoms with Crippen molar-refractivity contribution in [1.82, 2.24) is 0 Å². The van der Waals surface area contributed by atoms with Crippen LogP contribution in [-0.2, 0) is 37.9 Å². The number of thiophene rings is 1. The summed E-state index contributed by atoms with van der Waals surface area (Å²) in [5.41, 5.74) is 22.6. The highest BCUT2D eigenvalue weighted by Gasteiger charge is 2.51. The monoisotopic (exact) mass is 953 g/mol. The van der Waals surface area contributed by atoms with Gasteiger partial charge in [0.15, 0.2) is 0 Å². The largest absolute Gasteiger partial charge is 0.468 e. The lowest BCUT2D eigenvalue weighted by Crippen LogP contribution is -2.61. The molecule has 3 nitrogen and oxygen atoms in total. The zero-order valence-corrected chi connectivity index (χ0v) is 46.1. The molecule has 0 atom stereocenters. The second kappa shape index (κ2) is 14.3. The minimum absolute atomic E-state index is 0.0236. The van der Waals surface area contributed by atoms with Crippen molar-refractivity contribution in [1.29, 1.82) is 0 Å². The lowest BCUT2D eigenvalue weighted by molar-refractivity contribution is 0.332. The molecule has 0 unspecified atom stereocenters. The Morgan fingerprint density at radius 3 is 1.65 bits per heavy atom. The first kappa shape index (κ1) is 45.6. The Balaban J connectivity index is 1.21. The van der Waals surface area contributed by atoms with Crippen LogP contribution in [0.2, 0.25) is 0 Å². The lowest BCUT2D eigenvalue weighted by Gasteiger charge is -2.47. The molecule has 0 fully saturated rings. The van der Waals surface area contributed by atoms with Crippen molar-refractivity contribution in [3.8, 4) is 0 Å². The average molecular weight is 953 g/mol. The first-order chi connectivity index (χ1) is 33.3. The van der Waals surface area contributed by atoms with E-state index >= 15 is 0 Å².